The van der Waals surface area contributed by atoms with E-state index in [-0.39, 0.29) is 5.54 Å². The second-order valence-electron chi connectivity index (χ2n) is 5.83. The van der Waals surface area contributed by atoms with E-state index < -0.39 is 0 Å². The van der Waals surface area contributed by atoms with E-state index in [4.69, 9.17) is 0 Å². The van der Waals surface area contributed by atoms with Gasteiger partial charge in [-0.3, -0.25) is 10.2 Å². The largest absolute Gasteiger partial charge is 0.301 e. The zero-order valence-electron chi connectivity index (χ0n) is 11.8. The van der Waals surface area contributed by atoms with E-state index in [0.29, 0.717) is 0 Å². The molecular formula is C14H26N4. The Morgan fingerprint density at radius 3 is 2.44 bits per heavy atom. The van der Waals surface area contributed by atoms with Crippen LogP contribution in [0.3, 0.4) is 0 Å². The zero-order chi connectivity index (χ0) is 13.0. The minimum absolute atomic E-state index is 0.359. The molecule has 1 unspecified atom stereocenters. The van der Waals surface area contributed by atoms with E-state index >= 15 is 0 Å². The predicted octanol–water partition coefficient (Wildman–Crippen LogP) is 1.05. The minimum atomic E-state index is -0.359. The number of hydrogen-bond acceptors (Lipinski definition) is 4. The molecule has 0 amide bonds. The van der Waals surface area contributed by atoms with Crippen LogP contribution in [-0.4, -0.2) is 60.6 Å². The molecule has 102 valence electrons. The lowest BCUT2D eigenvalue weighted by Crippen LogP contribution is -2.50. The van der Waals surface area contributed by atoms with Crippen LogP contribution >= 0.6 is 0 Å². The third-order valence-electron chi connectivity index (χ3n) is 4.21. The lowest BCUT2D eigenvalue weighted by Gasteiger charge is -2.36. The molecule has 2 rings (SSSR count). The average Bonchev–Trinajstić information content (AvgIpc) is 3.22. The molecule has 1 saturated heterocycles. The number of hydrogen-bond donors (Lipinski definition) is 1. The summed E-state index contributed by atoms with van der Waals surface area (Å²) in [6.45, 7) is 10.7. The van der Waals surface area contributed by atoms with Crippen molar-refractivity contribution in [1.82, 2.24) is 15.1 Å². The highest BCUT2D eigenvalue weighted by atomic mass is 15.3. The minimum Gasteiger partial charge on any atom is -0.301 e. The van der Waals surface area contributed by atoms with E-state index in [1.807, 2.05) is 6.92 Å². The first-order valence-corrected chi connectivity index (χ1v) is 7.29. The molecule has 4 heteroatoms. The molecule has 4 nitrogen and oxygen atoms in total. The van der Waals surface area contributed by atoms with E-state index in [1.165, 1.54) is 39.0 Å². The first-order valence-electron chi connectivity index (χ1n) is 7.29. The molecule has 0 aromatic carbocycles. The molecule has 0 spiro atoms. The summed E-state index contributed by atoms with van der Waals surface area (Å²) in [6.07, 6.45) is 3.74. The summed E-state index contributed by atoms with van der Waals surface area (Å²) in [5, 5.41) is 12.5. The van der Waals surface area contributed by atoms with Crippen molar-refractivity contribution in [1.29, 1.82) is 5.26 Å². The van der Waals surface area contributed by atoms with Crippen LogP contribution in [0.25, 0.3) is 0 Å². The Bertz CT molecular complexity index is 299. The van der Waals surface area contributed by atoms with Crippen molar-refractivity contribution in [3.63, 3.8) is 0 Å². The molecule has 0 aromatic heterocycles. The average molecular weight is 250 g/mol. The summed E-state index contributed by atoms with van der Waals surface area (Å²) in [4.78, 5) is 5.14. The van der Waals surface area contributed by atoms with Crippen molar-refractivity contribution in [3.05, 3.63) is 0 Å². The first kappa shape index (κ1) is 13.8. The molecule has 0 aromatic rings. The van der Waals surface area contributed by atoms with Gasteiger partial charge in [-0.1, -0.05) is 6.92 Å². The highest BCUT2D eigenvalue weighted by Gasteiger charge is 2.31. The fourth-order valence-electron chi connectivity index (χ4n) is 2.75. The van der Waals surface area contributed by atoms with Gasteiger partial charge in [0.2, 0.25) is 0 Å². The Balaban J connectivity index is 1.69. The van der Waals surface area contributed by atoms with Gasteiger partial charge < -0.3 is 4.90 Å². The SMILES string of the molecule is CCNC(C)(C#N)CCN1CCN(C2CC2)CC1. The van der Waals surface area contributed by atoms with Gasteiger partial charge in [-0.25, -0.2) is 0 Å². The number of nitrogens with zero attached hydrogens (tertiary/aromatic N) is 3. The van der Waals surface area contributed by atoms with E-state index in [1.54, 1.807) is 0 Å². The number of nitriles is 1. The topological polar surface area (TPSA) is 42.3 Å². The van der Waals surface area contributed by atoms with Gasteiger partial charge in [-0.15, -0.1) is 0 Å². The van der Waals surface area contributed by atoms with Gasteiger partial charge in [0.1, 0.15) is 5.54 Å². The Labute approximate surface area is 111 Å². The highest BCUT2D eigenvalue weighted by Crippen LogP contribution is 2.27. The molecule has 1 heterocycles. The normalized spacial score (nSPS) is 25.6. The summed E-state index contributed by atoms with van der Waals surface area (Å²) in [7, 11) is 0. The molecule has 2 fully saturated rings. The van der Waals surface area contributed by atoms with Gasteiger partial charge in [0.25, 0.3) is 0 Å². The van der Waals surface area contributed by atoms with Gasteiger partial charge >= 0.3 is 0 Å². The molecule has 1 aliphatic heterocycles. The monoisotopic (exact) mass is 250 g/mol. The number of rotatable bonds is 6. The van der Waals surface area contributed by atoms with Gasteiger partial charge in [0, 0.05) is 38.8 Å². The first-order chi connectivity index (χ1) is 8.67. The second-order valence-corrected chi connectivity index (χ2v) is 5.83. The highest BCUT2D eigenvalue weighted by molar-refractivity contribution is 5.04. The molecule has 1 saturated carbocycles. The van der Waals surface area contributed by atoms with Crippen molar-refractivity contribution in [2.24, 2.45) is 0 Å². The van der Waals surface area contributed by atoms with Crippen LogP contribution in [0.2, 0.25) is 0 Å². The summed E-state index contributed by atoms with van der Waals surface area (Å²) in [5.41, 5.74) is -0.359. The standard InChI is InChI=1S/C14H26N4/c1-3-16-14(2,12-15)6-7-17-8-10-18(11-9-17)13-4-5-13/h13,16H,3-11H2,1-2H3. The summed E-state index contributed by atoms with van der Waals surface area (Å²) < 4.78 is 0. The van der Waals surface area contributed by atoms with Crippen LogP contribution < -0.4 is 5.32 Å². The van der Waals surface area contributed by atoms with Crippen LogP contribution in [0.15, 0.2) is 0 Å². The Kier molecular flexibility index (Phi) is 4.60. The van der Waals surface area contributed by atoms with Crippen molar-refractivity contribution < 1.29 is 0 Å². The van der Waals surface area contributed by atoms with E-state index in [2.05, 4.69) is 28.1 Å². The number of piperazine rings is 1. The maximum absolute atomic E-state index is 9.23. The smallest absolute Gasteiger partial charge is 0.105 e. The van der Waals surface area contributed by atoms with Crippen LogP contribution in [-0.2, 0) is 0 Å². The third kappa shape index (κ3) is 3.68. The molecule has 0 radical (unpaired) electrons. The lowest BCUT2D eigenvalue weighted by atomic mass is 9.99. The van der Waals surface area contributed by atoms with Crippen molar-refractivity contribution >= 4 is 0 Å². The third-order valence-corrected chi connectivity index (χ3v) is 4.21. The Morgan fingerprint density at radius 2 is 1.94 bits per heavy atom. The summed E-state index contributed by atoms with van der Waals surface area (Å²) >= 11 is 0. The molecule has 0 bridgehead atoms. The maximum atomic E-state index is 9.23. The van der Waals surface area contributed by atoms with Gasteiger partial charge in [-0.05, 0) is 32.7 Å². The molecular weight excluding hydrogens is 224 g/mol. The number of nitrogens with one attached hydrogen (secondary N) is 1. The molecule has 1 aliphatic carbocycles. The van der Waals surface area contributed by atoms with Crippen molar-refractivity contribution in [2.45, 2.75) is 44.7 Å². The quantitative estimate of drug-likeness (QED) is 0.765. The van der Waals surface area contributed by atoms with Crippen LogP contribution in [0, 0.1) is 11.3 Å². The van der Waals surface area contributed by atoms with Gasteiger partial charge in [0.15, 0.2) is 0 Å². The predicted molar refractivity (Wildman–Crippen MR) is 73.3 cm³/mol. The van der Waals surface area contributed by atoms with Crippen molar-refractivity contribution in [3.8, 4) is 6.07 Å². The fraction of sp³-hybridized carbons (Fsp3) is 0.929. The maximum Gasteiger partial charge on any atom is 0.105 e. The molecule has 2 aliphatic rings. The molecule has 18 heavy (non-hydrogen) atoms. The Hall–Kier alpha value is -0.630. The van der Waals surface area contributed by atoms with E-state index in [9.17, 15) is 5.26 Å². The second kappa shape index (κ2) is 6.01. The lowest BCUT2D eigenvalue weighted by molar-refractivity contribution is 0.120. The fourth-order valence-corrected chi connectivity index (χ4v) is 2.75. The summed E-state index contributed by atoms with van der Waals surface area (Å²) in [6, 6.07) is 3.31. The van der Waals surface area contributed by atoms with Gasteiger partial charge in [0.05, 0.1) is 6.07 Å². The van der Waals surface area contributed by atoms with Gasteiger partial charge in [-0.2, -0.15) is 5.26 Å². The molecule has 1 atom stereocenters. The molecule has 1 N–H and O–H groups in total. The van der Waals surface area contributed by atoms with Crippen LogP contribution in [0.5, 0.6) is 0 Å². The van der Waals surface area contributed by atoms with Crippen LogP contribution in [0.4, 0.5) is 0 Å². The van der Waals surface area contributed by atoms with Crippen LogP contribution in [0.1, 0.15) is 33.1 Å². The summed E-state index contributed by atoms with van der Waals surface area (Å²) in [5.74, 6) is 0. The zero-order valence-corrected chi connectivity index (χ0v) is 11.8. The Morgan fingerprint density at radius 1 is 1.28 bits per heavy atom. The van der Waals surface area contributed by atoms with Crippen molar-refractivity contribution in [2.75, 3.05) is 39.3 Å². The van der Waals surface area contributed by atoms with E-state index in [0.717, 1.165) is 25.6 Å².